The van der Waals surface area contributed by atoms with Crippen molar-refractivity contribution in [2.45, 2.75) is 32.2 Å². The highest BCUT2D eigenvalue weighted by Crippen LogP contribution is 2.19. The van der Waals surface area contributed by atoms with E-state index < -0.39 is 0 Å². The molecule has 1 aliphatic rings. The van der Waals surface area contributed by atoms with Crippen molar-refractivity contribution in [1.29, 1.82) is 0 Å². The zero-order valence-corrected chi connectivity index (χ0v) is 14.8. The predicted molar refractivity (Wildman–Crippen MR) is 95.8 cm³/mol. The molecule has 130 valence electrons. The molecule has 0 aliphatic carbocycles. The maximum absolute atomic E-state index is 12.6. The summed E-state index contributed by atoms with van der Waals surface area (Å²) >= 11 is 0. The molecule has 1 saturated heterocycles. The second-order valence-corrected chi connectivity index (χ2v) is 6.03. The number of carbonyl (C=O) groups is 1. The van der Waals surface area contributed by atoms with Crippen molar-refractivity contribution in [3.8, 4) is 0 Å². The average molecular weight is 341 g/mol. The molecule has 1 aromatic carbocycles. The fraction of sp³-hybridized carbons (Fsp3) is 0.611. The Kier molecular flexibility index (Phi) is 9.92. The van der Waals surface area contributed by atoms with Crippen LogP contribution in [0.25, 0.3) is 0 Å². The minimum atomic E-state index is 0. The molecule has 1 N–H and O–H groups in total. The standard InChI is InChI=1S/C18H28N2O2.ClH/c1-22-14-13-20(15-17-5-3-2-4-6-17)18(21)8-7-16-9-11-19-12-10-16;/h2-6,16,19H,7-15H2,1H3;1H. The first kappa shape index (κ1) is 19.9. The van der Waals surface area contributed by atoms with Gasteiger partial charge in [0.2, 0.25) is 5.91 Å². The minimum Gasteiger partial charge on any atom is -0.383 e. The van der Waals surface area contributed by atoms with Crippen LogP contribution in [-0.2, 0) is 16.1 Å². The van der Waals surface area contributed by atoms with Crippen LogP contribution >= 0.6 is 12.4 Å². The molecular weight excluding hydrogens is 312 g/mol. The molecule has 5 heteroatoms. The molecule has 1 fully saturated rings. The molecule has 23 heavy (non-hydrogen) atoms. The topological polar surface area (TPSA) is 41.6 Å². The van der Waals surface area contributed by atoms with Gasteiger partial charge in [0.05, 0.1) is 6.61 Å². The molecule has 0 unspecified atom stereocenters. The Morgan fingerprint density at radius 2 is 1.96 bits per heavy atom. The quantitative estimate of drug-likeness (QED) is 0.791. The largest absolute Gasteiger partial charge is 0.383 e. The van der Waals surface area contributed by atoms with E-state index in [9.17, 15) is 4.79 Å². The van der Waals surface area contributed by atoms with Crippen LogP contribution < -0.4 is 5.32 Å². The Morgan fingerprint density at radius 1 is 1.26 bits per heavy atom. The van der Waals surface area contributed by atoms with Crippen molar-refractivity contribution in [3.05, 3.63) is 35.9 Å². The molecule has 0 saturated carbocycles. The van der Waals surface area contributed by atoms with Crippen molar-refractivity contribution < 1.29 is 9.53 Å². The van der Waals surface area contributed by atoms with E-state index in [0.29, 0.717) is 32.0 Å². The number of hydrogen-bond donors (Lipinski definition) is 1. The molecule has 0 atom stereocenters. The summed E-state index contributed by atoms with van der Waals surface area (Å²) in [4.78, 5) is 14.5. The number of hydrogen-bond acceptors (Lipinski definition) is 3. The monoisotopic (exact) mass is 340 g/mol. The first-order valence-corrected chi connectivity index (χ1v) is 8.31. The van der Waals surface area contributed by atoms with Crippen molar-refractivity contribution in [2.75, 3.05) is 33.4 Å². The van der Waals surface area contributed by atoms with Crippen molar-refractivity contribution >= 4 is 18.3 Å². The highest BCUT2D eigenvalue weighted by atomic mass is 35.5. The number of carbonyl (C=O) groups excluding carboxylic acids is 1. The molecule has 1 amide bonds. The molecule has 4 nitrogen and oxygen atoms in total. The zero-order chi connectivity index (χ0) is 15.6. The first-order chi connectivity index (χ1) is 10.8. The molecule has 0 bridgehead atoms. The van der Waals surface area contributed by atoms with Gasteiger partial charge in [-0.15, -0.1) is 12.4 Å². The third kappa shape index (κ3) is 7.34. The van der Waals surface area contributed by atoms with E-state index in [0.717, 1.165) is 19.5 Å². The zero-order valence-electron chi connectivity index (χ0n) is 14.0. The van der Waals surface area contributed by atoms with Crippen molar-refractivity contribution in [2.24, 2.45) is 5.92 Å². The van der Waals surface area contributed by atoms with E-state index in [2.05, 4.69) is 17.4 Å². The maximum atomic E-state index is 12.6. The Hall–Kier alpha value is -1.10. The van der Waals surface area contributed by atoms with Gasteiger partial charge in [-0.25, -0.2) is 0 Å². The van der Waals surface area contributed by atoms with E-state index in [-0.39, 0.29) is 18.3 Å². The van der Waals surface area contributed by atoms with Gasteiger partial charge in [0.25, 0.3) is 0 Å². The van der Waals surface area contributed by atoms with Crippen LogP contribution in [0.3, 0.4) is 0 Å². The molecular formula is C18H29ClN2O2. The molecule has 2 rings (SSSR count). The van der Waals surface area contributed by atoms with Crippen LogP contribution in [0, 0.1) is 5.92 Å². The summed E-state index contributed by atoms with van der Waals surface area (Å²) in [6, 6.07) is 10.2. The van der Waals surface area contributed by atoms with Gasteiger partial charge in [0.1, 0.15) is 0 Å². The highest BCUT2D eigenvalue weighted by Gasteiger charge is 2.18. The summed E-state index contributed by atoms with van der Waals surface area (Å²) in [5.74, 6) is 0.950. The fourth-order valence-corrected chi connectivity index (χ4v) is 2.95. The summed E-state index contributed by atoms with van der Waals surface area (Å²) in [5, 5.41) is 3.37. The summed E-state index contributed by atoms with van der Waals surface area (Å²) in [6.07, 6.45) is 4.06. The SMILES string of the molecule is COCCN(Cc1ccccc1)C(=O)CCC1CCNCC1.Cl. The number of benzene rings is 1. The van der Waals surface area contributed by atoms with Gasteiger partial charge >= 0.3 is 0 Å². The molecule has 1 aromatic rings. The number of halogens is 1. The van der Waals surface area contributed by atoms with Crippen molar-refractivity contribution in [3.63, 3.8) is 0 Å². The van der Waals surface area contributed by atoms with Gasteiger partial charge in [-0.3, -0.25) is 4.79 Å². The van der Waals surface area contributed by atoms with Crippen LogP contribution in [0.15, 0.2) is 30.3 Å². The molecule has 0 radical (unpaired) electrons. The van der Waals surface area contributed by atoms with E-state index in [4.69, 9.17) is 4.74 Å². The van der Waals surface area contributed by atoms with Gasteiger partial charge in [0.15, 0.2) is 0 Å². The van der Waals surface area contributed by atoms with E-state index in [1.54, 1.807) is 7.11 Å². The van der Waals surface area contributed by atoms with E-state index >= 15 is 0 Å². The molecule has 1 heterocycles. The van der Waals surface area contributed by atoms with Crippen LogP contribution in [0.1, 0.15) is 31.2 Å². The number of piperidine rings is 1. The molecule has 1 aliphatic heterocycles. The van der Waals surface area contributed by atoms with Crippen LogP contribution in [-0.4, -0.2) is 44.2 Å². The van der Waals surface area contributed by atoms with Gasteiger partial charge < -0.3 is 15.0 Å². The smallest absolute Gasteiger partial charge is 0.222 e. The third-order valence-electron chi connectivity index (χ3n) is 4.36. The van der Waals surface area contributed by atoms with Crippen molar-refractivity contribution in [1.82, 2.24) is 10.2 Å². The van der Waals surface area contributed by atoms with E-state index in [1.165, 1.54) is 18.4 Å². The first-order valence-electron chi connectivity index (χ1n) is 8.31. The normalized spacial score (nSPS) is 15.0. The number of ether oxygens (including phenoxy) is 1. The lowest BCUT2D eigenvalue weighted by molar-refractivity contribution is -0.132. The maximum Gasteiger partial charge on any atom is 0.222 e. The van der Waals surface area contributed by atoms with Crippen LogP contribution in [0.2, 0.25) is 0 Å². The number of amides is 1. The van der Waals surface area contributed by atoms with E-state index in [1.807, 2.05) is 23.1 Å². The lowest BCUT2D eigenvalue weighted by atomic mass is 9.93. The number of rotatable bonds is 8. The number of nitrogens with one attached hydrogen (secondary N) is 1. The van der Waals surface area contributed by atoms with Crippen LogP contribution in [0.5, 0.6) is 0 Å². The molecule has 0 aromatic heterocycles. The lowest BCUT2D eigenvalue weighted by Gasteiger charge is -2.25. The minimum absolute atomic E-state index is 0. The van der Waals surface area contributed by atoms with Gasteiger partial charge in [-0.1, -0.05) is 30.3 Å². The Balaban J connectivity index is 0.00000264. The average Bonchev–Trinajstić information content (AvgIpc) is 2.58. The Morgan fingerprint density at radius 3 is 2.61 bits per heavy atom. The Labute approximate surface area is 146 Å². The second-order valence-electron chi connectivity index (χ2n) is 6.03. The predicted octanol–water partition coefficient (Wildman–Crippen LogP) is 2.86. The van der Waals surface area contributed by atoms with Crippen LogP contribution in [0.4, 0.5) is 0 Å². The third-order valence-corrected chi connectivity index (χ3v) is 4.36. The number of nitrogens with zero attached hydrogens (tertiary/aromatic N) is 1. The van der Waals surface area contributed by atoms with Gasteiger partial charge in [-0.05, 0) is 43.8 Å². The lowest BCUT2D eigenvalue weighted by Crippen LogP contribution is -2.34. The summed E-state index contributed by atoms with van der Waals surface area (Å²) < 4.78 is 5.15. The Bertz CT molecular complexity index is 436. The summed E-state index contributed by atoms with van der Waals surface area (Å²) in [5.41, 5.74) is 1.17. The fourth-order valence-electron chi connectivity index (χ4n) is 2.95. The summed E-state index contributed by atoms with van der Waals surface area (Å²) in [7, 11) is 1.68. The number of methoxy groups -OCH3 is 1. The van der Waals surface area contributed by atoms with Gasteiger partial charge in [0, 0.05) is 26.6 Å². The highest BCUT2D eigenvalue weighted by molar-refractivity contribution is 5.85. The van der Waals surface area contributed by atoms with Gasteiger partial charge in [-0.2, -0.15) is 0 Å². The summed E-state index contributed by atoms with van der Waals surface area (Å²) in [6.45, 7) is 4.12. The second kappa shape index (κ2) is 11.4. The molecule has 0 spiro atoms.